The lowest BCUT2D eigenvalue weighted by Crippen LogP contribution is -2.41. The molecule has 4 nitrogen and oxygen atoms in total. The number of amides is 1. The van der Waals surface area contributed by atoms with E-state index in [4.69, 9.17) is 11.6 Å². The number of benzene rings is 2. The highest BCUT2D eigenvalue weighted by molar-refractivity contribution is 6.30. The highest BCUT2D eigenvalue weighted by Gasteiger charge is 2.18. The Hall–Kier alpha value is -2.17. The van der Waals surface area contributed by atoms with Crippen LogP contribution in [0.15, 0.2) is 36.4 Å². The van der Waals surface area contributed by atoms with Gasteiger partial charge in [-0.25, -0.2) is 0 Å². The number of carbonyl (C=O) groups excluding carboxylic acids is 2. The first kappa shape index (κ1) is 22.1. The molecule has 2 aromatic carbocycles. The fourth-order valence-corrected chi connectivity index (χ4v) is 3.39. The number of rotatable bonds is 8. The molecule has 0 heterocycles. The number of carbonyl (C=O) groups is 2. The molecule has 0 aliphatic rings. The van der Waals surface area contributed by atoms with Gasteiger partial charge < -0.3 is 10.2 Å². The molecule has 2 rings (SSSR count). The van der Waals surface area contributed by atoms with Gasteiger partial charge in [-0.3, -0.25) is 9.59 Å². The van der Waals surface area contributed by atoms with Gasteiger partial charge in [-0.2, -0.15) is 0 Å². The smallest absolute Gasteiger partial charge is 0.251 e. The van der Waals surface area contributed by atoms with Crippen LogP contribution < -0.4 is 5.32 Å². The molecule has 0 bridgehead atoms. The van der Waals surface area contributed by atoms with E-state index in [-0.39, 0.29) is 17.7 Å². The number of hydrogen-bond donors (Lipinski definition) is 1. The molecule has 0 unspecified atom stereocenters. The molecule has 1 N–H and O–H groups in total. The van der Waals surface area contributed by atoms with Gasteiger partial charge in [0.05, 0.1) is 0 Å². The molecular formula is C23H29ClN2O2. The van der Waals surface area contributed by atoms with Crippen LogP contribution in [0.1, 0.15) is 50.8 Å². The molecule has 2 aromatic rings. The number of aryl methyl sites for hydroxylation is 2. The highest BCUT2D eigenvalue weighted by atomic mass is 35.5. The Morgan fingerprint density at radius 2 is 1.61 bits per heavy atom. The number of ketones is 1. The minimum atomic E-state index is -0.110. The number of nitrogens with zero attached hydrogens (tertiary/aromatic N) is 1. The zero-order valence-electron chi connectivity index (χ0n) is 17.3. The Morgan fingerprint density at radius 1 is 1.04 bits per heavy atom. The van der Waals surface area contributed by atoms with Gasteiger partial charge in [0.25, 0.3) is 5.91 Å². The first-order chi connectivity index (χ1) is 13.2. The summed E-state index contributed by atoms with van der Waals surface area (Å²) in [5.74, 6) is 0.0537. The van der Waals surface area contributed by atoms with E-state index in [0.717, 1.165) is 23.1 Å². The topological polar surface area (TPSA) is 49.4 Å². The third kappa shape index (κ3) is 5.66. The molecule has 0 fully saturated rings. The van der Waals surface area contributed by atoms with Crippen LogP contribution in [0.5, 0.6) is 0 Å². The summed E-state index contributed by atoms with van der Waals surface area (Å²) in [7, 11) is 4.03. The molecular weight excluding hydrogens is 372 g/mol. The molecule has 0 saturated carbocycles. The number of likely N-dealkylation sites (N-methyl/N-ethyl adjacent to an activating group) is 1. The number of hydrogen-bond acceptors (Lipinski definition) is 3. The molecule has 5 heteroatoms. The minimum Gasteiger partial charge on any atom is -0.350 e. The summed E-state index contributed by atoms with van der Waals surface area (Å²) >= 11 is 5.89. The second-order valence-corrected chi connectivity index (χ2v) is 7.84. The maximum atomic E-state index is 12.4. The molecule has 1 amide bonds. The number of halogens is 1. The van der Waals surface area contributed by atoms with Crippen molar-refractivity contribution in [2.24, 2.45) is 0 Å². The van der Waals surface area contributed by atoms with Gasteiger partial charge in [-0.15, -0.1) is 0 Å². The van der Waals surface area contributed by atoms with Crippen molar-refractivity contribution in [1.82, 2.24) is 10.2 Å². The largest absolute Gasteiger partial charge is 0.350 e. The Bertz CT molecular complexity index is 821. The van der Waals surface area contributed by atoms with Crippen LogP contribution in [-0.4, -0.2) is 43.3 Å². The summed E-state index contributed by atoms with van der Waals surface area (Å²) in [6.07, 6.45) is 1.31. The van der Waals surface area contributed by atoms with Crippen LogP contribution in [-0.2, 0) is 6.42 Å². The van der Waals surface area contributed by atoms with Gasteiger partial charge in [0.15, 0.2) is 5.78 Å². The van der Waals surface area contributed by atoms with Crippen LogP contribution >= 0.6 is 11.6 Å². The molecule has 0 spiro atoms. The van der Waals surface area contributed by atoms with E-state index >= 15 is 0 Å². The average molecular weight is 401 g/mol. The van der Waals surface area contributed by atoms with Gasteiger partial charge in [0.1, 0.15) is 0 Å². The lowest BCUT2D eigenvalue weighted by Gasteiger charge is -2.26. The van der Waals surface area contributed by atoms with Crippen LogP contribution in [0.25, 0.3) is 0 Å². The van der Waals surface area contributed by atoms with Crippen molar-refractivity contribution in [3.8, 4) is 0 Å². The summed E-state index contributed by atoms with van der Waals surface area (Å²) in [5, 5.41) is 3.63. The lowest BCUT2D eigenvalue weighted by molar-refractivity contribution is 0.0940. The quantitative estimate of drug-likeness (QED) is 0.666. The van der Waals surface area contributed by atoms with Crippen molar-refractivity contribution in [2.75, 3.05) is 20.6 Å². The van der Waals surface area contributed by atoms with Gasteiger partial charge in [0.2, 0.25) is 0 Å². The Kier molecular flexibility index (Phi) is 7.78. The van der Waals surface area contributed by atoms with Crippen LogP contribution in [0.4, 0.5) is 0 Å². The molecule has 28 heavy (non-hydrogen) atoms. The van der Waals surface area contributed by atoms with Crippen LogP contribution in [0, 0.1) is 13.8 Å². The molecule has 0 aromatic heterocycles. The van der Waals surface area contributed by atoms with Crippen LogP contribution in [0.2, 0.25) is 5.02 Å². The molecule has 0 saturated heterocycles. The van der Waals surface area contributed by atoms with E-state index in [1.165, 1.54) is 5.56 Å². The summed E-state index contributed by atoms with van der Waals surface area (Å²) in [6, 6.07) is 11.0. The molecule has 0 aliphatic heterocycles. The van der Waals surface area contributed by atoms with Gasteiger partial charge >= 0.3 is 0 Å². The van der Waals surface area contributed by atoms with Crippen molar-refractivity contribution in [2.45, 2.75) is 39.7 Å². The second kappa shape index (κ2) is 9.85. The summed E-state index contributed by atoms with van der Waals surface area (Å²) in [4.78, 5) is 26.6. The van der Waals surface area contributed by atoms with Crippen molar-refractivity contribution in [3.05, 3.63) is 69.2 Å². The standard InChI is InChI=1S/C23H29ClN2O2/c1-6-22(27)18-11-15(2)21(16(3)12-18)13-20(26(4)5)14-25-23(28)17-7-9-19(24)10-8-17/h7-12,20H,6,13-14H2,1-5H3,(H,25,28)/t20-/m0/s1. The van der Waals surface area contributed by atoms with E-state index in [1.807, 2.05) is 47.0 Å². The van der Waals surface area contributed by atoms with E-state index in [2.05, 4.69) is 10.2 Å². The van der Waals surface area contributed by atoms with E-state index in [9.17, 15) is 9.59 Å². The minimum absolute atomic E-state index is 0.110. The SMILES string of the molecule is CCC(=O)c1cc(C)c(C[C@@H](CNC(=O)c2ccc(Cl)cc2)N(C)C)c(C)c1. The second-order valence-electron chi connectivity index (χ2n) is 7.40. The van der Waals surface area contributed by atoms with Crippen molar-refractivity contribution < 1.29 is 9.59 Å². The predicted molar refractivity (Wildman–Crippen MR) is 116 cm³/mol. The monoisotopic (exact) mass is 400 g/mol. The fraction of sp³-hybridized carbons (Fsp3) is 0.391. The maximum Gasteiger partial charge on any atom is 0.251 e. The molecule has 150 valence electrons. The molecule has 1 atom stereocenters. The van der Waals surface area contributed by atoms with E-state index in [1.54, 1.807) is 24.3 Å². The Balaban J connectivity index is 2.11. The van der Waals surface area contributed by atoms with Gasteiger partial charge in [0, 0.05) is 35.2 Å². The number of nitrogens with one attached hydrogen (secondary N) is 1. The Labute approximate surface area is 172 Å². The first-order valence-corrected chi connectivity index (χ1v) is 9.94. The normalized spacial score (nSPS) is 12.1. The highest BCUT2D eigenvalue weighted by Crippen LogP contribution is 2.20. The zero-order chi connectivity index (χ0) is 20.8. The van der Waals surface area contributed by atoms with Gasteiger partial charge in [-0.1, -0.05) is 18.5 Å². The van der Waals surface area contributed by atoms with Crippen molar-refractivity contribution in [1.29, 1.82) is 0 Å². The zero-order valence-corrected chi connectivity index (χ0v) is 18.1. The lowest BCUT2D eigenvalue weighted by atomic mass is 9.92. The predicted octanol–water partition coefficient (Wildman–Crippen LogP) is 4.45. The summed E-state index contributed by atoms with van der Waals surface area (Å²) in [5.41, 5.74) is 4.84. The first-order valence-electron chi connectivity index (χ1n) is 9.56. The van der Waals surface area contributed by atoms with E-state index in [0.29, 0.717) is 23.6 Å². The van der Waals surface area contributed by atoms with Crippen molar-refractivity contribution >= 4 is 23.3 Å². The third-order valence-corrected chi connectivity index (χ3v) is 5.37. The fourth-order valence-electron chi connectivity index (χ4n) is 3.27. The van der Waals surface area contributed by atoms with Crippen LogP contribution in [0.3, 0.4) is 0 Å². The number of Topliss-reactive ketones (excluding diaryl/α,β-unsaturated/α-hetero) is 1. The van der Waals surface area contributed by atoms with Gasteiger partial charge in [-0.05, 0) is 87.5 Å². The molecule has 0 aliphatic carbocycles. The average Bonchev–Trinajstić information content (AvgIpc) is 2.66. The van der Waals surface area contributed by atoms with E-state index < -0.39 is 0 Å². The molecule has 0 radical (unpaired) electrons. The van der Waals surface area contributed by atoms with Crippen molar-refractivity contribution in [3.63, 3.8) is 0 Å². The summed E-state index contributed by atoms with van der Waals surface area (Å²) in [6.45, 7) is 6.51. The Morgan fingerprint density at radius 3 is 2.11 bits per heavy atom. The summed E-state index contributed by atoms with van der Waals surface area (Å²) < 4.78 is 0. The third-order valence-electron chi connectivity index (χ3n) is 5.11. The maximum absolute atomic E-state index is 12.4.